The first-order chi connectivity index (χ1) is 6.83. The molecule has 0 fully saturated rings. The largest absolute Gasteiger partial charge is 0.477 e. The second-order valence-electron chi connectivity index (χ2n) is 3.23. The van der Waals surface area contributed by atoms with E-state index in [1.807, 2.05) is 0 Å². The van der Waals surface area contributed by atoms with E-state index in [4.69, 9.17) is 5.11 Å². The monoisotopic (exact) mass is 249 g/mol. The molecule has 0 radical (unpaired) electrons. The number of hydrogen-bond donors (Lipinski definition) is 2. The number of carboxylic acids is 1. The highest BCUT2D eigenvalue weighted by atomic mass is 32.2. The van der Waals surface area contributed by atoms with Gasteiger partial charge in [-0.05, 0) is 19.9 Å². The third-order valence-corrected chi connectivity index (χ3v) is 4.19. The zero-order valence-electron chi connectivity index (χ0n) is 8.22. The van der Waals surface area contributed by atoms with E-state index < -0.39 is 16.0 Å². The van der Waals surface area contributed by atoms with Crippen LogP contribution in [-0.2, 0) is 10.0 Å². The summed E-state index contributed by atoms with van der Waals surface area (Å²) in [7, 11) is -3.58. The molecule has 7 heteroatoms. The molecule has 0 aliphatic heterocycles. The maximum Gasteiger partial charge on any atom is 0.345 e. The van der Waals surface area contributed by atoms with Gasteiger partial charge in [0.1, 0.15) is 4.88 Å². The second kappa shape index (κ2) is 4.30. The van der Waals surface area contributed by atoms with E-state index in [9.17, 15) is 13.2 Å². The van der Waals surface area contributed by atoms with E-state index in [-0.39, 0.29) is 15.8 Å². The molecule has 5 nitrogen and oxygen atoms in total. The van der Waals surface area contributed by atoms with Crippen LogP contribution in [0, 0.1) is 0 Å². The fraction of sp³-hybridized carbons (Fsp3) is 0.375. The Kier molecular flexibility index (Phi) is 3.48. The second-order valence-corrected chi connectivity index (χ2v) is 5.85. The number of sulfonamides is 1. The molecule has 0 aliphatic carbocycles. The fourth-order valence-corrected chi connectivity index (χ4v) is 3.31. The normalized spacial score (nSPS) is 11.9. The van der Waals surface area contributed by atoms with Crippen molar-refractivity contribution in [3.8, 4) is 0 Å². The molecule has 1 aromatic rings. The number of nitrogens with one attached hydrogen (secondary N) is 1. The number of carbonyl (C=O) groups is 1. The molecule has 0 spiro atoms. The van der Waals surface area contributed by atoms with Crippen LogP contribution in [0.5, 0.6) is 0 Å². The molecule has 0 atom stereocenters. The number of hydrogen-bond acceptors (Lipinski definition) is 4. The first-order valence-corrected chi connectivity index (χ1v) is 6.53. The topological polar surface area (TPSA) is 83.5 Å². The Morgan fingerprint density at radius 1 is 1.53 bits per heavy atom. The standard InChI is InChI=1S/C8H11NO4S2/c1-5(2)9-15(12,13)6-3-7(8(10)11)14-4-6/h3-5,9H,1-2H3,(H,10,11). The van der Waals surface area contributed by atoms with Crippen LogP contribution >= 0.6 is 11.3 Å². The van der Waals surface area contributed by atoms with Crippen LogP contribution in [0.25, 0.3) is 0 Å². The van der Waals surface area contributed by atoms with Crippen LogP contribution in [0.4, 0.5) is 0 Å². The summed E-state index contributed by atoms with van der Waals surface area (Å²) in [5.41, 5.74) is 0. The van der Waals surface area contributed by atoms with E-state index in [1.165, 1.54) is 5.38 Å². The summed E-state index contributed by atoms with van der Waals surface area (Å²) >= 11 is 0.893. The van der Waals surface area contributed by atoms with Crippen LogP contribution < -0.4 is 4.72 Å². The number of thiophene rings is 1. The first kappa shape index (κ1) is 12.2. The lowest BCUT2D eigenvalue weighted by molar-refractivity contribution is 0.0702. The minimum absolute atomic E-state index is 0.00130. The molecule has 0 unspecified atom stereocenters. The lowest BCUT2D eigenvalue weighted by Gasteiger charge is -2.06. The van der Waals surface area contributed by atoms with Gasteiger partial charge in [0.25, 0.3) is 0 Å². The van der Waals surface area contributed by atoms with Crippen LogP contribution in [0.3, 0.4) is 0 Å². The molecular weight excluding hydrogens is 238 g/mol. The van der Waals surface area contributed by atoms with Crippen molar-refractivity contribution in [1.82, 2.24) is 4.72 Å². The molecule has 2 N–H and O–H groups in total. The SMILES string of the molecule is CC(C)NS(=O)(=O)c1csc(C(=O)O)c1. The van der Waals surface area contributed by atoms with Gasteiger partial charge >= 0.3 is 5.97 Å². The Morgan fingerprint density at radius 2 is 2.13 bits per heavy atom. The van der Waals surface area contributed by atoms with Crippen molar-refractivity contribution >= 4 is 27.3 Å². The van der Waals surface area contributed by atoms with Gasteiger partial charge in [-0.1, -0.05) is 0 Å². The number of carboxylic acid groups (broad SMARTS) is 1. The van der Waals surface area contributed by atoms with Gasteiger partial charge < -0.3 is 5.11 Å². The highest BCUT2D eigenvalue weighted by Gasteiger charge is 2.18. The summed E-state index contributed by atoms with van der Waals surface area (Å²) in [6.07, 6.45) is 0. The molecule has 1 heterocycles. The highest BCUT2D eigenvalue weighted by molar-refractivity contribution is 7.89. The smallest absolute Gasteiger partial charge is 0.345 e. The summed E-state index contributed by atoms with van der Waals surface area (Å²) in [6.45, 7) is 3.39. The average molecular weight is 249 g/mol. The molecule has 15 heavy (non-hydrogen) atoms. The molecule has 1 aromatic heterocycles. The maximum absolute atomic E-state index is 11.6. The first-order valence-electron chi connectivity index (χ1n) is 4.17. The van der Waals surface area contributed by atoms with Crippen molar-refractivity contribution < 1.29 is 18.3 Å². The van der Waals surface area contributed by atoms with Crippen molar-refractivity contribution in [3.05, 3.63) is 16.3 Å². The summed E-state index contributed by atoms with van der Waals surface area (Å²) < 4.78 is 25.5. The van der Waals surface area contributed by atoms with Crippen molar-refractivity contribution in [2.24, 2.45) is 0 Å². The lowest BCUT2D eigenvalue weighted by Crippen LogP contribution is -2.29. The van der Waals surface area contributed by atoms with E-state index in [1.54, 1.807) is 13.8 Å². The molecule has 0 aromatic carbocycles. The Balaban J connectivity index is 3.01. The molecule has 84 valence electrons. The Bertz CT molecular complexity index is 461. The molecule has 0 bridgehead atoms. The van der Waals surface area contributed by atoms with E-state index in [2.05, 4.69) is 4.72 Å². The van der Waals surface area contributed by atoms with Crippen LogP contribution in [0.1, 0.15) is 23.5 Å². The number of rotatable bonds is 4. The molecule has 1 rings (SSSR count). The van der Waals surface area contributed by atoms with Gasteiger partial charge in [0.05, 0.1) is 4.90 Å². The Morgan fingerprint density at radius 3 is 2.53 bits per heavy atom. The summed E-state index contributed by atoms with van der Waals surface area (Å²) in [6, 6.07) is 0.931. The number of aromatic carboxylic acids is 1. The molecule has 0 amide bonds. The van der Waals surface area contributed by atoms with Gasteiger partial charge in [-0.25, -0.2) is 17.9 Å². The van der Waals surface area contributed by atoms with Crippen molar-refractivity contribution in [3.63, 3.8) is 0 Å². The van der Waals surface area contributed by atoms with Crippen molar-refractivity contribution in [1.29, 1.82) is 0 Å². The molecule has 0 saturated heterocycles. The van der Waals surface area contributed by atoms with Crippen molar-refractivity contribution in [2.75, 3.05) is 0 Å². The zero-order valence-corrected chi connectivity index (χ0v) is 9.85. The Labute approximate surface area is 91.8 Å². The highest BCUT2D eigenvalue weighted by Crippen LogP contribution is 2.19. The average Bonchev–Trinajstić information content (AvgIpc) is 2.48. The molecule has 0 aliphatic rings. The summed E-state index contributed by atoms with van der Waals surface area (Å²) in [4.78, 5) is 10.6. The Hall–Kier alpha value is -0.920. The van der Waals surface area contributed by atoms with Gasteiger partial charge in [0, 0.05) is 11.4 Å². The van der Waals surface area contributed by atoms with Gasteiger partial charge in [-0.2, -0.15) is 0 Å². The molecular formula is C8H11NO4S2. The lowest BCUT2D eigenvalue weighted by atomic mass is 10.4. The van der Waals surface area contributed by atoms with Crippen LogP contribution in [-0.4, -0.2) is 25.5 Å². The van der Waals surface area contributed by atoms with Gasteiger partial charge in [0.15, 0.2) is 0 Å². The molecule has 0 saturated carbocycles. The van der Waals surface area contributed by atoms with Crippen LogP contribution in [0.15, 0.2) is 16.3 Å². The van der Waals surface area contributed by atoms with Crippen LogP contribution in [0.2, 0.25) is 0 Å². The van der Waals surface area contributed by atoms with Gasteiger partial charge in [-0.3, -0.25) is 0 Å². The quantitative estimate of drug-likeness (QED) is 0.838. The maximum atomic E-state index is 11.6. The zero-order chi connectivity index (χ0) is 11.6. The minimum Gasteiger partial charge on any atom is -0.477 e. The van der Waals surface area contributed by atoms with Crippen molar-refractivity contribution in [2.45, 2.75) is 24.8 Å². The summed E-state index contributed by atoms with van der Waals surface area (Å²) in [5.74, 6) is -1.12. The predicted octanol–water partition coefficient (Wildman–Crippen LogP) is 1.13. The van der Waals surface area contributed by atoms with E-state index >= 15 is 0 Å². The predicted molar refractivity (Wildman–Crippen MR) is 56.7 cm³/mol. The van der Waals surface area contributed by atoms with Gasteiger partial charge in [-0.15, -0.1) is 11.3 Å². The van der Waals surface area contributed by atoms with Gasteiger partial charge in [0.2, 0.25) is 10.0 Å². The third kappa shape index (κ3) is 3.01. The van der Waals surface area contributed by atoms with E-state index in [0.717, 1.165) is 17.4 Å². The third-order valence-electron chi connectivity index (χ3n) is 1.49. The fourth-order valence-electron chi connectivity index (χ4n) is 0.950. The minimum atomic E-state index is -3.58. The summed E-state index contributed by atoms with van der Waals surface area (Å²) in [5, 5.41) is 9.95. The van der Waals surface area contributed by atoms with E-state index in [0.29, 0.717) is 0 Å².